The first-order chi connectivity index (χ1) is 14.1. The van der Waals surface area contributed by atoms with Gasteiger partial charge in [-0.1, -0.05) is 6.08 Å². The van der Waals surface area contributed by atoms with Gasteiger partial charge >= 0.3 is 6.09 Å². The van der Waals surface area contributed by atoms with Crippen LogP contribution in [0, 0.1) is 6.92 Å². The molecule has 0 radical (unpaired) electrons. The van der Waals surface area contributed by atoms with Gasteiger partial charge in [0.05, 0.1) is 17.1 Å². The lowest BCUT2D eigenvalue weighted by atomic mass is 10.1. The molecule has 9 heteroatoms. The summed E-state index contributed by atoms with van der Waals surface area (Å²) >= 11 is 0. The zero-order chi connectivity index (χ0) is 20.0. The van der Waals surface area contributed by atoms with Crippen molar-refractivity contribution in [2.75, 3.05) is 18.4 Å². The largest absolute Gasteiger partial charge is 0.465 e. The average Bonchev–Trinajstić information content (AvgIpc) is 3.32. The summed E-state index contributed by atoms with van der Waals surface area (Å²) in [5.74, 6) is 1.65. The maximum atomic E-state index is 11.1. The standard InChI is InChI=1S/C20H19N7O2/c1-12-21-10-15-8-14(4-7-27(12)15)24-18-16-9-17(25-19(16)23-11-22-18)13-2-5-26(6-3-13)20(28)29/h2,4,7-11H,3,5-6H2,1H3,(H,28,29)(H2,22,23,24,25). The summed E-state index contributed by atoms with van der Waals surface area (Å²) in [7, 11) is 0. The Morgan fingerprint density at radius 3 is 2.97 bits per heavy atom. The fourth-order valence-corrected chi connectivity index (χ4v) is 3.65. The van der Waals surface area contributed by atoms with Crippen LogP contribution < -0.4 is 5.32 Å². The van der Waals surface area contributed by atoms with Crippen LogP contribution in [0.4, 0.5) is 16.3 Å². The van der Waals surface area contributed by atoms with E-state index in [2.05, 4.69) is 25.3 Å². The molecule has 0 aromatic carbocycles. The lowest BCUT2D eigenvalue weighted by molar-refractivity contribution is 0.150. The molecule has 3 N–H and O–H groups in total. The van der Waals surface area contributed by atoms with Crippen LogP contribution in [0.15, 0.2) is 43.0 Å². The number of imidazole rings is 1. The predicted octanol–water partition coefficient (Wildman–Crippen LogP) is 3.42. The van der Waals surface area contributed by atoms with E-state index >= 15 is 0 Å². The summed E-state index contributed by atoms with van der Waals surface area (Å²) in [5, 5.41) is 13.4. The molecular weight excluding hydrogens is 370 g/mol. The van der Waals surface area contributed by atoms with Crippen LogP contribution in [-0.4, -0.2) is 53.5 Å². The first-order valence-corrected chi connectivity index (χ1v) is 9.30. The molecule has 1 amide bonds. The second-order valence-corrected chi connectivity index (χ2v) is 7.02. The summed E-state index contributed by atoms with van der Waals surface area (Å²) in [6.45, 7) is 2.84. The van der Waals surface area contributed by atoms with Crippen molar-refractivity contribution in [2.24, 2.45) is 0 Å². The van der Waals surface area contributed by atoms with Crippen LogP contribution in [0.5, 0.6) is 0 Å². The Hall–Kier alpha value is -3.88. The third-order valence-electron chi connectivity index (χ3n) is 5.23. The molecule has 0 aliphatic carbocycles. The number of pyridine rings is 1. The Balaban J connectivity index is 1.46. The normalized spacial score (nSPS) is 14.4. The first kappa shape index (κ1) is 17.2. The third-order valence-corrected chi connectivity index (χ3v) is 5.23. The van der Waals surface area contributed by atoms with Gasteiger partial charge in [0.1, 0.15) is 23.6 Å². The van der Waals surface area contributed by atoms with Gasteiger partial charge in [-0.05, 0) is 37.1 Å². The number of nitrogens with zero attached hydrogens (tertiary/aromatic N) is 5. The van der Waals surface area contributed by atoms with E-state index in [4.69, 9.17) is 5.11 Å². The lowest BCUT2D eigenvalue weighted by Gasteiger charge is -2.23. The molecule has 4 aromatic rings. The highest BCUT2D eigenvalue weighted by Crippen LogP contribution is 2.29. The number of hydrogen-bond donors (Lipinski definition) is 3. The van der Waals surface area contributed by atoms with Gasteiger partial charge in [0.15, 0.2) is 0 Å². The Morgan fingerprint density at radius 1 is 1.28 bits per heavy atom. The maximum Gasteiger partial charge on any atom is 0.407 e. The number of carboxylic acid groups (broad SMARTS) is 1. The fourth-order valence-electron chi connectivity index (χ4n) is 3.65. The first-order valence-electron chi connectivity index (χ1n) is 9.30. The second-order valence-electron chi connectivity index (χ2n) is 7.02. The van der Waals surface area contributed by atoms with Crippen LogP contribution in [0.25, 0.3) is 22.1 Å². The molecule has 0 unspecified atom stereocenters. The number of aromatic amines is 1. The van der Waals surface area contributed by atoms with E-state index in [9.17, 15) is 4.79 Å². The number of H-pyrrole nitrogens is 1. The number of rotatable bonds is 3. The SMILES string of the molecule is Cc1ncc2cc(Nc3ncnc4[nH]c(C5=CCN(C(=O)O)CC5)cc34)ccn12. The van der Waals surface area contributed by atoms with E-state index in [0.29, 0.717) is 25.3 Å². The van der Waals surface area contributed by atoms with Crippen molar-refractivity contribution in [1.82, 2.24) is 29.2 Å². The zero-order valence-corrected chi connectivity index (χ0v) is 15.8. The minimum absolute atomic E-state index is 0.390. The van der Waals surface area contributed by atoms with Crippen LogP contribution in [0.2, 0.25) is 0 Å². The molecule has 5 rings (SSSR count). The summed E-state index contributed by atoms with van der Waals surface area (Å²) in [4.78, 5) is 28.9. The van der Waals surface area contributed by atoms with Crippen LogP contribution in [0.3, 0.4) is 0 Å². The average molecular weight is 389 g/mol. The van der Waals surface area contributed by atoms with Crippen LogP contribution in [0.1, 0.15) is 17.9 Å². The molecule has 0 fully saturated rings. The molecule has 4 aromatic heterocycles. The number of nitrogens with one attached hydrogen (secondary N) is 2. The Kier molecular flexibility index (Phi) is 3.94. The number of aromatic nitrogens is 5. The maximum absolute atomic E-state index is 11.1. The smallest absolute Gasteiger partial charge is 0.407 e. The second kappa shape index (κ2) is 6.62. The molecule has 0 bridgehead atoms. The predicted molar refractivity (Wildman–Crippen MR) is 109 cm³/mol. The molecule has 29 heavy (non-hydrogen) atoms. The molecule has 0 atom stereocenters. The van der Waals surface area contributed by atoms with Gasteiger partial charge in [-0.25, -0.2) is 19.7 Å². The molecule has 9 nitrogen and oxygen atoms in total. The Bertz CT molecular complexity index is 1270. The molecule has 1 aliphatic heterocycles. The van der Waals surface area contributed by atoms with E-state index in [0.717, 1.165) is 39.3 Å². The van der Waals surface area contributed by atoms with Crippen molar-refractivity contribution in [1.29, 1.82) is 0 Å². The lowest BCUT2D eigenvalue weighted by Crippen LogP contribution is -2.33. The van der Waals surface area contributed by atoms with Gasteiger partial charge < -0.3 is 24.7 Å². The fraction of sp³-hybridized carbons (Fsp3) is 0.200. The number of carbonyl (C=O) groups is 1. The van der Waals surface area contributed by atoms with E-state index in [1.165, 1.54) is 11.2 Å². The molecule has 146 valence electrons. The van der Waals surface area contributed by atoms with Gasteiger partial charge in [-0.3, -0.25) is 0 Å². The molecule has 0 saturated carbocycles. The molecule has 0 spiro atoms. The number of fused-ring (bicyclic) bond motifs is 2. The number of amides is 1. The van der Waals surface area contributed by atoms with Gasteiger partial charge in [-0.2, -0.15) is 0 Å². The molecule has 0 saturated heterocycles. The number of hydrogen-bond acceptors (Lipinski definition) is 5. The quantitative estimate of drug-likeness (QED) is 0.495. The zero-order valence-electron chi connectivity index (χ0n) is 15.8. The minimum atomic E-state index is -0.889. The third kappa shape index (κ3) is 3.06. The molecular formula is C20H19N7O2. The highest BCUT2D eigenvalue weighted by Gasteiger charge is 2.18. The Labute approximate surface area is 165 Å². The molecule has 1 aliphatic rings. The minimum Gasteiger partial charge on any atom is -0.465 e. The number of aryl methyl sites for hydroxylation is 1. The van der Waals surface area contributed by atoms with Gasteiger partial charge in [0.2, 0.25) is 0 Å². The van der Waals surface area contributed by atoms with E-state index < -0.39 is 6.09 Å². The molecule has 5 heterocycles. The topological polar surface area (TPSA) is 111 Å². The summed E-state index contributed by atoms with van der Waals surface area (Å²) in [6, 6.07) is 6.01. The summed E-state index contributed by atoms with van der Waals surface area (Å²) < 4.78 is 2.02. The monoisotopic (exact) mass is 389 g/mol. The van der Waals surface area contributed by atoms with Gasteiger partial charge in [0, 0.05) is 30.7 Å². The van der Waals surface area contributed by atoms with Crippen LogP contribution >= 0.6 is 0 Å². The van der Waals surface area contributed by atoms with Crippen molar-refractivity contribution < 1.29 is 9.90 Å². The highest BCUT2D eigenvalue weighted by atomic mass is 16.4. The van der Waals surface area contributed by atoms with E-state index in [-0.39, 0.29) is 0 Å². The Morgan fingerprint density at radius 2 is 2.17 bits per heavy atom. The van der Waals surface area contributed by atoms with Crippen molar-refractivity contribution in [3.63, 3.8) is 0 Å². The van der Waals surface area contributed by atoms with Crippen molar-refractivity contribution in [2.45, 2.75) is 13.3 Å². The van der Waals surface area contributed by atoms with Crippen molar-refractivity contribution in [3.05, 3.63) is 54.5 Å². The summed E-state index contributed by atoms with van der Waals surface area (Å²) in [5.41, 5.74) is 4.68. The van der Waals surface area contributed by atoms with E-state index in [1.807, 2.05) is 48.0 Å². The number of anilines is 2. The van der Waals surface area contributed by atoms with Crippen LogP contribution in [-0.2, 0) is 0 Å². The van der Waals surface area contributed by atoms with Gasteiger partial charge in [0.25, 0.3) is 0 Å². The van der Waals surface area contributed by atoms with Gasteiger partial charge in [-0.15, -0.1) is 0 Å². The van der Waals surface area contributed by atoms with Crippen molar-refractivity contribution >= 4 is 39.7 Å². The van der Waals surface area contributed by atoms with Crippen molar-refractivity contribution in [3.8, 4) is 0 Å². The summed E-state index contributed by atoms with van der Waals surface area (Å²) in [6.07, 6.45) is 7.04. The van der Waals surface area contributed by atoms with E-state index in [1.54, 1.807) is 0 Å². The highest BCUT2D eigenvalue weighted by molar-refractivity contribution is 5.92.